The molecule has 4 heteroatoms. The number of anilines is 1. The normalized spacial score (nSPS) is 10.3. The van der Waals surface area contributed by atoms with E-state index in [9.17, 15) is 9.59 Å². The standard InChI is InChI=1S/C23H22N2O2/c1-16-6-3-9-19(12-16)22(26)24-15-18-8-5-11-21(14-18)25-23(27)20-10-4-7-17(2)13-20/h3-14H,15H2,1-2H3,(H,24,26)(H,25,27). The molecule has 0 aromatic heterocycles. The Labute approximate surface area is 159 Å². The van der Waals surface area contributed by atoms with Crippen LogP contribution >= 0.6 is 0 Å². The van der Waals surface area contributed by atoms with Crippen LogP contribution in [0.5, 0.6) is 0 Å². The third-order valence-electron chi connectivity index (χ3n) is 4.20. The summed E-state index contributed by atoms with van der Waals surface area (Å²) in [5.74, 6) is -0.271. The number of benzene rings is 3. The molecule has 0 spiro atoms. The summed E-state index contributed by atoms with van der Waals surface area (Å²) in [5.41, 5.74) is 4.95. The fourth-order valence-electron chi connectivity index (χ4n) is 2.82. The summed E-state index contributed by atoms with van der Waals surface area (Å²) in [5, 5.41) is 5.81. The first-order chi connectivity index (χ1) is 13.0. The number of hydrogen-bond donors (Lipinski definition) is 2. The maximum atomic E-state index is 12.4. The van der Waals surface area contributed by atoms with Crippen molar-refractivity contribution in [2.45, 2.75) is 20.4 Å². The van der Waals surface area contributed by atoms with E-state index < -0.39 is 0 Å². The van der Waals surface area contributed by atoms with Crippen LogP contribution < -0.4 is 10.6 Å². The van der Waals surface area contributed by atoms with Gasteiger partial charge in [0.2, 0.25) is 0 Å². The summed E-state index contributed by atoms with van der Waals surface area (Å²) in [6.45, 7) is 4.30. The lowest BCUT2D eigenvalue weighted by molar-refractivity contribution is 0.0950. The average Bonchev–Trinajstić information content (AvgIpc) is 2.66. The number of amides is 2. The van der Waals surface area contributed by atoms with E-state index in [-0.39, 0.29) is 11.8 Å². The molecular weight excluding hydrogens is 336 g/mol. The quantitative estimate of drug-likeness (QED) is 0.706. The van der Waals surface area contributed by atoms with E-state index in [1.165, 1.54) is 0 Å². The van der Waals surface area contributed by atoms with Crippen molar-refractivity contribution in [3.63, 3.8) is 0 Å². The molecule has 0 saturated heterocycles. The van der Waals surface area contributed by atoms with Gasteiger partial charge in [-0.25, -0.2) is 0 Å². The van der Waals surface area contributed by atoms with Gasteiger partial charge in [0.15, 0.2) is 0 Å². The largest absolute Gasteiger partial charge is 0.348 e. The lowest BCUT2D eigenvalue weighted by Crippen LogP contribution is -2.23. The second kappa shape index (κ2) is 8.32. The lowest BCUT2D eigenvalue weighted by atomic mass is 10.1. The highest BCUT2D eigenvalue weighted by molar-refractivity contribution is 6.04. The van der Waals surface area contributed by atoms with E-state index in [1.54, 1.807) is 12.1 Å². The second-order valence-electron chi connectivity index (χ2n) is 6.58. The zero-order chi connectivity index (χ0) is 19.2. The molecule has 2 amide bonds. The van der Waals surface area contributed by atoms with Gasteiger partial charge in [0.1, 0.15) is 0 Å². The van der Waals surface area contributed by atoms with Gasteiger partial charge >= 0.3 is 0 Å². The first kappa shape index (κ1) is 18.4. The van der Waals surface area contributed by atoms with E-state index in [4.69, 9.17) is 0 Å². The summed E-state index contributed by atoms with van der Waals surface area (Å²) in [7, 11) is 0. The molecule has 2 N–H and O–H groups in total. The maximum absolute atomic E-state index is 12.4. The minimum absolute atomic E-state index is 0.118. The van der Waals surface area contributed by atoms with Gasteiger partial charge in [-0.05, 0) is 55.8 Å². The van der Waals surface area contributed by atoms with E-state index in [0.29, 0.717) is 23.4 Å². The average molecular weight is 358 g/mol. The van der Waals surface area contributed by atoms with Gasteiger partial charge in [-0.15, -0.1) is 0 Å². The van der Waals surface area contributed by atoms with Crippen molar-refractivity contribution in [2.75, 3.05) is 5.32 Å². The van der Waals surface area contributed by atoms with E-state index in [0.717, 1.165) is 16.7 Å². The van der Waals surface area contributed by atoms with Gasteiger partial charge in [-0.2, -0.15) is 0 Å². The zero-order valence-electron chi connectivity index (χ0n) is 15.5. The molecule has 0 aliphatic rings. The molecule has 0 aliphatic heterocycles. The Morgan fingerprint density at radius 2 is 1.33 bits per heavy atom. The predicted octanol–water partition coefficient (Wildman–Crippen LogP) is 4.49. The minimum atomic E-state index is -0.153. The molecule has 3 aromatic carbocycles. The molecule has 0 saturated carbocycles. The lowest BCUT2D eigenvalue weighted by Gasteiger charge is -2.09. The van der Waals surface area contributed by atoms with Gasteiger partial charge in [0.05, 0.1) is 0 Å². The first-order valence-electron chi connectivity index (χ1n) is 8.83. The third kappa shape index (κ3) is 5.05. The van der Waals surface area contributed by atoms with Crippen molar-refractivity contribution >= 4 is 17.5 Å². The summed E-state index contributed by atoms with van der Waals surface area (Å²) >= 11 is 0. The Morgan fingerprint density at radius 3 is 1.96 bits per heavy atom. The molecule has 136 valence electrons. The monoisotopic (exact) mass is 358 g/mol. The smallest absolute Gasteiger partial charge is 0.255 e. The summed E-state index contributed by atoms with van der Waals surface area (Å²) < 4.78 is 0. The van der Waals surface area contributed by atoms with Crippen LogP contribution in [0.15, 0.2) is 72.8 Å². The van der Waals surface area contributed by atoms with E-state index >= 15 is 0 Å². The van der Waals surface area contributed by atoms with Gasteiger partial charge in [0, 0.05) is 23.4 Å². The van der Waals surface area contributed by atoms with Crippen LogP contribution in [0.4, 0.5) is 5.69 Å². The molecule has 0 unspecified atom stereocenters. The molecule has 4 nitrogen and oxygen atoms in total. The predicted molar refractivity (Wildman–Crippen MR) is 108 cm³/mol. The van der Waals surface area contributed by atoms with E-state index in [1.807, 2.05) is 74.5 Å². The van der Waals surface area contributed by atoms with Gasteiger partial charge in [-0.3, -0.25) is 9.59 Å². The van der Waals surface area contributed by atoms with Crippen LogP contribution in [0, 0.1) is 13.8 Å². The van der Waals surface area contributed by atoms with Gasteiger partial charge < -0.3 is 10.6 Å². The Morgan fingerprint density at radius 1 is 0.741 bits per heavy atom. The van der Waals surface area contributed by atoms with E-state index in [2.05, 4.69) is 10.6 Å². The van der Waals surface area contributed by atoms with Crippen molar-refractivity contribution in [1.82, 2.24) is 5.32 Å². The highest BCUT2D eigenvalue weighted by Crippen LogP contribution is 2.13. The first-order valence-corrected chi connectivity index (χ1v) is 8.83. The fraction of sp³-hybridized carbons (Fsp3) is 0.130. The molecule has 3 aromatic rings. The van der Waals surface area contributed by atoms with Crippen LogP contribution in [0.25, 0.3) is 0 Å². The molecule has 0 fully saturated rings. The highest BCUT2D eigenvalue weighted by atomic mass is 16.2. The van der Waals surface area contributed by atoms with Crippen molar-refractivity contribution in [3.8, 4) is 0 Å². The van der Waals surface area contributed by atoms with Gasteiger partial charge in [0.25, 0.3) is 11.8 Å². The highest BCUT2D eigenvalue weighted by Gasteiger charge is 2.08. The molecule has 0 atom stereocenters. The number of hydrogen-bond acceptors (Lipinski definition) is 2. The summed E-state index contributed by atoms with van der Waals surface area (Å²) in [4.78, 5) is 24.6. The summed E-state index contributed by atoms with van der Waals surface area (Å²) in [6.07, 6.45) is 0. The molecule has 0 heterocycles. The van der Waals surface area contributed by atoms with Crippen LogP contribution in [0.3, 0.4) is 0 Å². The van der Waals surface area contributed by atoms with Crippen LogP contribution in [0.1, 0.15) is 37.4 Å². The maximum Gasteiger partial charge on any atom is 0.255 e. The molecule has 0 aliphatic carbocycles. The summed E-state index contributed by atoms with van der Waals surface area (Å²) in [6, 6.07) is 22.4. The Balaban J connectivity index is 1.63. The number of aryl methyl sites for hydroxylation is 2. The van der Waals surface area contributed by atoms with Crippen molar-refractivity contribution in [3.05, 3.63) is 101 Å². The van der Waals surface area contributed by atoms with Crippen molar-refractivity contribution in [1.29, 1.82) is 0 Å². The number of carbonyl (C=O) groups excluding carboxylic acids is 2. The Bertz CT molecular complexity index is 979. The zero-order valence-corrected chi connectivity index (χ0v) is 15.5. The molecule has 0 bridgehead atoms. The Kier molecular flexibility index (Phi) is 5.67. The van der Waals surface area contributed by atoms with Crippen molar-refractivity contribution < 1.29 is 9.59 Å². The minimum Gasteiger partial charge on any atom is -0.348 e. The van der Waals surface area contributed by atoms with Crippen molar-refractivity contribution in [2.24, 2.45) is 0 Å². The van der Waals surface area contributed by atoms with Crippen LogP contribution in [-0.2, 0) is 6.54 Å². The SMILES string of the molecule is Cc1cccc(C(=O)NCc2cccc(NC(=O)c3cccc(C)c3)c2)c1. The van der Waals surface area contributed by atoms with Gasteiger partial charge in [-0.1, -0.05) is 47.5 Å². The molecule has 27 heavy (non-hydrogen) atoms. The topological polar surface area (TPSA) is 58.2 Å². The fourth-order valence-corrected chi connectivity index (χ4v) is 2.82. The molecule has 3 rings (SSSR count). The number of nitrogens with one attached hydrogen (secondary N) is 2. The van der Waals surface area contributed by atoms with Crippen LogP contribution in [0.2, 0.25) is 0 Å². The second-order valence-corrected chi connectivity index (χ2v) is 6.58. The Hall–Kier alpha value is -3.40. The number of carbonyl (C=O) groups is 2. The third-order valence-corrected chi connectivity index (χ3v) is 4.20. The van der Waals surface area contributed by atoms with Crippen LogP contribution in [-0.4, -0.2) is 11.8 Å². The number of rotatable bonds is 5. The molecular formula is C23H22N2O2. The molecule has 0 radical (unpaired) electrons.